The lowest BCUT2D eigenvalue weighted by Crippen LogP contribution is -2.11. The van der Waals surface area contributed by atoms with Crippen molar-refractivity contribution in [1.82, 2.24) is 0 Å². The first-order valence-electron chi connectivity index (χ1n) is 6.02. The van der Waals surface area contributed by atoms with Crippen LogP contribution in [0.2, 0.25) is 0 Å². The Kier molecular flexibility index (Phi) is 4.98. The monoisotopic (exact) mass is 368 g/mol. The number of benzene rings is 1. The molecule has 0 spiro atoms. The van der Waals surface area contributed by atoms with Gasteiger partial charge in [0.05, 0.1) is 21.5 Å². The highest BCUT2D eigenvalue weighted by Crippen LogP contribution is 2.29. The number of carbonyl (C=O) groups excluding carboxylic acids is 2. The number of hydrogen-bond donors (Lipinski definition) is 2. The Hall–Kier alpha value is -1.86. The predicted molar refractivity (Wildman–Crippen MR) is 87.3 cm³/mol. The molecule has 0 aliphatic heterocycles. The van der Waals surface area contributed by atoms with E-state index in [4.69, 9.17) is 4.74 Å². The smallest absolute Gasteiger partial charge is 0.265 e. The standard InChI is InChI=1S/C14H13BrN2O3S/c1-8(18)16-10-7-9(3-4-11(10)20-2)17-14(19)12-5-6-13(15)21-12/h3-7H,1-2H3,(H,16,18)(H,17,19). The third-order valence-electron chi connectivity index (χ3n) is 2.57. The highest BCUT2D eigenvalue weighted by Gasteiger charge is 2.11. The second kappa shape index (κ2) is 6.73. The fourth-order valence-electron chi connectivity index (χ4n) is 1.70. The fraction of sp³-hybridized carbons (Fsp3) is 0.143. The SMILES string of the molecule is COc1ccc(NC(=O)c2ccc(Br)s2)cc1NC(C)=O. The molecule has 1 aromatic heterocycles. The van der Waals surface area contributed by atoms with Crippen molar-refractivity contribution in [2.45, 2.75) is 6.92 Å². The predicted octanol–water partition coefficient (Wildman–Crippen LogP) is 3.73. The minimum absolute atomic E-state index is 0.204. The highest BCUT2D eigenvalue weighted by molar-refractivity contribution is 9.11. The van der Waals surface area contributed by atoms with Crippen molar-refractivity contribution in [3.05, 3.63) is 39.0 Å². The molecular weight excluding hydrogens is 356 g/mol. The van der Waals surface area contributed by atoms with E-state index in [2.05, 4.69) is 26.6 Å². The summed E-state index contributed by atoms with van der Waals surface area (Å²) in [7, 11) is 1.52. The van der Waals surface area contributed by atoms with Crippen LogP contribution >= 0.6 is 27.3 Å². The first-order valence-corrected chi connectivity index (χ1v) is 7.63. The van der Waals surface area contributed by atoms with Crippen LogP contribution in [0.4, 0.5) is 11.4 Å². The summed E-state index contributed by atoms with van der Waals surface area (Å²) in [6.07, 6.45) is 0. The molecule has 0 unspecified atom stereocenters. The molecular formula is C14H13BrN2O3S. The van der Waals surface area contributed by atoms with E-state index in [1.165, 1.54) is 25.4 Å². The van der Waals surface area contributed by atoms with Gasteiger partial charge in [0.25, 0.3) is 5.91 Å². The van der Waals surface area contributed by atoms with Crippen LogP contribution in [0.1, 0.15) is 16.6 Å². The highest BCUT2D eigenvalue weighted by atomic mass is 79.9. The van der Waals surface area contributed by atoms with Crippen molar-refractivity contribution < 1.29 is 14.3 Å². The number of amides is 2. The zero-order valence-electron chi connectivity index (χ0n) is 11.4. The normalized spacial score (nSPS) is 10.0. The van der Waals surface area contributed by atoms with Gasteiger partial charge in [-0.25, -0.2) is 0 Å². The summed E-state index contributed by atoms with van der Waals surface area (Å²) >= 11 is 4.67. The lowest BCUT2D eigenvalue weighted by atomic mass is 10.2. The minimum atomic E-state index is -0.209. The van der Waals surface area contributed by atoms with Gasteiger partial charge in [0.2, 0.25) is 5.91 Å². The van der Waals surface area contributed by atoms with Crippen LogP contribution in [0.15, 0.2) is 34.1 Å². The van der Waals surface area contributed by atoms with Crippen molar-refractivity contribution in [1.29, 1.82) is 0 Å². The van der Waals surface area contributed by atoms with Gasteiger partial charge in [-0.15, -0.1) is 11.3 Å². The average Bonchev–Trinajstić information content (AvgIpc) is 2.85. The third kappa shape index (κ3) is 4.05. The van der Waals surface area contributed by atoms with Crippen LogP contribution in [-0.2, 0) is 4.79 Å². The molecule has 21 heavy (non-hydrogen) atoms. The molecule has 0 saturated carbocycles. The van der Waals surface area contributed by atoms with Crippen LogP contribution in [-0.4, -0.2) is 18.9 Å². The fourth-order valence-corrected chi connectivity index (χ4v) is 2.98. The number of rotatable bonds is 4. The number of ether oxygens (including phenoxy) is 1. The zero-order chi connectivity index (χ0) is 15.4. The maximum atomic E-state index is 12.1. The molecule has 2 rings (SSSR count). The number of hydrogen-bond acceptors (Lipinski definition) is 4. The summed E-state index contributed by atoms with van der Waals surface area (Å²) < 4.78 is 6.05. The minimum Gasteiger partial charge on any atom is -0.495 e. The summed E-state index contributed by atoms with van der Waals surface area (Å²) in [5.41, 5.74) is 1.09. The van der Waals surface area contributed by atoms with Gasteiger partial charge in [0.15, 0.2) is 0 Å². The Bertz CT molecular complexity index is 685. The van der Waals surface area contributed by atoms with Crippen molar-refractivity contribution in [3.8, 4) is 5.75 Å². The second-order valence-corrected chi connectivity index (χ2v) is 6.62. The molecule has 0 atom stereocenters. The summed E-state index contributed by atoms with van der Waals surface area (Å²) in [5, 5.41) is 5.44. The van der Waals surface area contributed by atoms with Crippen molar-refractivity contribution in [2.75, 3.05) is 17.7 Å². The Morgan fingerprint density at radius 3 is 2.52 bits per heavy atom. The molecule has 2 N–H and O–H groups in total. The van der Waals surface area contributed by atoms with E-state index >= 15 is 0 Å². The molecule has 5 nitrogen and oxygen atoms in total. The number of nitrogens with one attached hydrogen (secondary N) is 2. The molecule has 0 radical (unpaired) electrons. The molecule has 110 valence electrons. The second-order valence-electron chi connectivity index (χ2n) is 4.15. The lowest BCUT2D eigenvalue weighted by Gasteiger charge is -2.11. The van der Waals surface area contributed by atoms with Crippen molar-refractivity contribution in [2.24, 2.45) is 0 Å². The number of halogens is 1. The molecule has 0 saturated heterocycles. The summed E-state index contributed by atoms with van der Waals surface area (Å²) in [5.74, 6) is 0.116. The van der Waals surface area contributed by atoms with Gasteiger partial charge in [0, 0.05) is 12.6 Å². The van der Waals surface area contributed by atoms with E-state index in [0.717, 1.165) is 3.79 Å². The summed E-state index contributed by atoms with van der Waals surface area (Å²) in [6.45, 7) is 1.41. The first kappa shape index (κ1) is 15.5. The molecule has 0 aliphatic carbocycles. The quantitative estimate of drug-likeness (QED) is 0.863. The molecule has 2 aromatic rings. The van der Waals surface area contributed by atoms with E-state index < -0.39 is 0 Å². The summed E-state index contributed by atoms with van der Waals surface area (Å²) in [4.78, 5) is 23.9. The van der Waals surface area contributed by atoms with Gasteiger partial charge in [-0.3, -0.25) is 9.59 Å². The van der Waals surface area contributed by atoms with Crippen molar-refractivity contribution in [3.63, 3.8) is 0 Å². The van der Waals surface area contributed by atoms with E-state index in [1.807, 2.05) is 6.07 Å². The Labute approximate surface area is 134 Å². The molecule has 0 bridgehead atoms. The van der Waals surface area contributed by atoms with Crippen molar-refractivity contribution >= 4 is 50.5 Å². The average molecular weight is 369 g/mol. The molecule has 7 heteroatoms. The Morgan fingerprint density at radius 2 is 1.95 bits per heavy atom. The van der Waals surface area contributed by atoms with Gasteiger partial charge in [-0.1, -0.05) is 0 Å². The largest absolute Gasteiger partial charge is 0.495 e. The number of carbonyl (C=O) groups is 2. The summed E-state index contributed by atoms with van der Waals surface area (Å²) in [6, 6.07) is 8.61. The van der Waals surface area contributed by atoms with Crippen LogP contribution in [0, 0.1) is 0 Å². The topological polar surface area (TPSA) is 67.4 Å². The Morgan fingerprint density at radius 1 is 1.19 bits per heavy atom. The number of methoxy groups -OCH3 is 1. The first-order chi connectivity index (χ1) is 9.99. The zero-order valence-corrected chi connectivity index (χ0v) is 13.8. The molecule has 1 heterocycles. The van der Waals surface area contributed by atoms with Gasteiger partial charge in [0.1, 0.15) is 5.75 Å². The van der Waals surface area contributed by atoms with Crippen LogP contribution in [0.25, 0.3) is 0 Å². The van der Waals surface area contributed by atoms with Crippen LogP contribution in [0.3, 0.4) is 0 Å². The Balaban J connectivity index is 2.20. The maximum Gasteiger partial charge on any atom is 0.265 e. The van der Waals surface area contributed by atoms with Gasteiger partial charge >= 0.3 is 0 Å². The lowest BCUT2D eigenvalue weighted by molar-refractivity contribution is -0.114. The van der Waals surface area contributed by atoms with E-state index in [9.17, 15) is 9.59 Å². The molecule has 0 fully saturated rings. The molecule has 1 aromatic carbocycles. The number of thiophene rings is 1. The molecule has 0 aliphatic rings. The number of anilines is 2. The van der Waals surface area contributed by atoms with Gasteiger partial charge in [-0.2, -0.15) is 0 Å². The maximum absolute atomic E-state index is 12.1. The van der Waals surface area contributed by atoms with Crippen LogP contribution < -0.4 is 15.4 Å². The van der Waals surface area contributed by atoms with E-state index in [0.29, 0.717) is 22.0 Å². The van der Waals surface area contributed by atoms with Crippen LogP contribution in [0.5, 0.6) is 5.75 Å². The van der Waals surface area contributed by atoms with Gasteiger partial charge < -0.3 is 15.4 Å². The molecule has 2 amide bonds. The van der Waals surface area contributed by atoms with E-state index in [-0.39, 0.29) is 11.8 Å². The van der Waals surface area contributed by atoms with Gasteiger partial charge in [-0.05, 0) is 46.3 Å². The van der Waals surface area contributed by atoms with E-state index in [1.54, 1.807) is 24.3 Å². The third-order valence-corrected chi connectivity index (χ3v) is 4.19.